The number of piperidine rings is 1. The van der Waals surface area contributed by atoms with Crippen LogP contribution in [0.2, 0.25) is 0 Å². The van der Waals surface area contributed by atoms with Crippen LogP contribution in [0.25, 0.3) is 0 Å². The van der Waals surface area contributed by atoms with Crippen LogP contribution in [0, 0.1) is 13.8 Å². The van der Waals surface area contributed by atoms with Crippen LogP contribution in [-0.2, 0) is 6.54 Å². The molecule has 2 fully saturated rings. The summed E-state index contributed by atoms with van der Waals surface area (Å²) in [6.45, 7) is 5.13. The van der Waals surface area contributed by atoms with E-state index in [4.69, 9.17) is 0 Å². The summed E-state index contributed by atoms with van der Waals surface area (Å²) in [5.41, 5.74) is 3.41. The number of rotatable bonds is 4. The Balaban J connectivity index is 1.43. The molecule has 2 aromatic rings. The number of anilines is 1. The second-order valence-electron chi connectivity index (χ2n) is 7.30. The number of aryl methyl sites for hydroxylation is 2. The Morgan fingerprint density at radius 3 is 2.50 bits per heavy atom. The minimum atomic E-state index is 0.518. The summed E-state index contributed by atoms with van der Waals surface area (Å²) in [4.78, 5) is 11.8. The normalized spacial score (nSPS) is 26.5. The topological polar surface area (TPSA) is 41.1 Å². The molecule has 0 amide bonds. The number of nitrogens with one attached hydrogen (secondary N) is 1. The zero-order chi connectivity index (χ0) is 16.5. The van der Waals surface area contributed by atoms with Gasteiger partial charge in [-0.2, -0.15) is 0 Å². The first kappa shape index (κ1) is 15.6. The van der Waals surface area contributed by atoms with Crippen molar-refractivity contribution in [1.82, 2.24) is 14.9 Å². The standard InChI is InChI=1S/C20H26N4/c1-14-12-21-15(2)20(22-14)23-17-10-18-8-9-19(11-17)24(18)13-16-6-4-3-5-7-16/h3-7,12,17-19H,8-11,13H2,1-2H3,(H,22,23). The van der Waals surface area contributed by atoms with Gasteiger partial charge in [0.2, 0.25) is 0 Å². The van der Waals surface area contributed by atoms with Crippen LogP contribution in [-0.4, -0.2) is 33.0 Å². The fourth-order valence-electron chi connectivity index (χ4n) is 4.31. The smallest absolute Gasteiger partial charge is 0.147 e. The van der Waals surface area contributed by atoms with Gasteiger partial charge in [-0.25, -0.2) is 4.98 Å². The van der Waals surface area contributed by atoms with Crippen molar-refractivity contribution in [2.45, 2.75) is 64.2 Å². The summed E-state index contributed by atoms with van der Waals surface area (Å²) < 4.78 is 0. The van der Waals surface area contributed by atoms with Gasteiger partial charge in [0.15, 0.2) is 0 Å². The molecule has 2 bridgehead atoms. The van der Waals surface area contributed by atoms with E-state index in [1.54, 1.807) is 0 Å². The maximum Gasteiger partial charge on any atom is 0.147 e. The van der Waals surface area contributed by atoms with E-state index in [2.05, 4.69) is 50.5 Å². The summed E-state index contributed by atoms with van der Waals surface area (Å²) in [6.07, 6.45) is 6.91. The predicted octanol–water partition coefficient (Wildman–Crippen LogP) is 3.70. The highest BCUT2D eigenvalue weighted by atomic mass is 15.2. The zero-order valence-corrected chi connectivity index (χ0v) is 14.6. The first-order valence-electron chi connectivity index (χ1n) is 9.05. The van der Waals surface area contributed by atoms with Gasteiger partial charge in [-0.05, 0) is 45.1 Å². The molecule has 0 saturated carbocycles. The first-order valence-corrected chi connectivity index (χ1v) is 9.05. The molecule has 126 valence electrons. The molecule has 0 radical (unpaired) electrons. The van der Waals surface area contributed by atoms with Crippen LogP contribution in [0.5, 0.6) is 0 Å². The number of hydrogen-bond donors (Lipinski definition) is 1. The molecular formula is C20H26N4. The first-order chi connectivity index (χ1) is 11.7. The lowest BCUT2D eigenvalue weighted by Crippen LogP contribution is -2.46. The molecule has 4 heteroatoms. The molecule has 4 nitrogen and oxygen atoms in total. The third-order valence-corrected chi connectivity index (χ3v) is 5.51. The van der Waals surface area contributed by atoms with Gasteiger partial charge < -0.3 is 5.32 Å². The van der Waals surface area contributed by atoms with Gasteiger partial charge in [0, 0.05) is 30.9 Å². The Kier molecular flexibility index (Phi) is 4.23. The van der Waals surface area contributed by atoms with E-state index in [9.17, 15) is 0 Å². The molecular weight excluding hydrogens is 296 g/mol. The van der Waals surface area contributed by atoms with Crippen molar-refractivity contribution in [3.8, 4) is 0 Å². The molecule has 2 aliphatic rings. The molecule has 0 aliphatic carbocycles. The average molecular weight is 322 g/mol. The van der Waals surface area contributed by atoms with Crippen molar-refractivity contribution >= 4 is 5.82 Å². The van der Waals surface area contributed by atoms with Crippen LogP contribution in [0.4, 0.5) is 5.82 Å². The van der Waals surface area contributed by atoms with Gasteiger partial charge in [0.05, 0.1) is 11.4 Å². The highest BCUT2D eigenvalue weighted by Crippen LogP contribution is 2.37. The van der Waals surface area contributed by atoms with Crippen LogP contribution >= 0.6 is 0 Å². The average Bonchev–Trinajstić information content (AvgIpc) is 2.81. The minimum absolute atomic E-state index is 0.518. The fourth-order valence-corrected chi connectivity index (χ4v) is 4.31. The number of hydrogen-bond acceptors (Lipinski definition) is 4. The van der Waals surface area contributed by atoms with Crippen molar-refractivity contribution in [1.29, 1.82) is 0 Å². The summed E-state index contributed by atoms with van der Waals surface area (Å²) in [5.74, 6) is 0.968. The lowest BCUT2D eigenvalue weighted by atomic mass is 9.96. The van der Waals surface area contributed by atoms with Crippen molar-refractivity contribution in [3.63, 3.8) is 0 Å². The summed E-state index contributed by atoms with van der Waals surface area (Å²) in [6, 6.07) is 12.8. The SMILES string of the molecule is Cc1cnc(C)c(NC2CC3CCC(C2)N3Cc2ccccc2)n1. The van der Waals surface area contributed by atoms with E-state index in [1.807, 2.05) is 20.0 Å². The minimum Gasteiger partial charge on any atom is -0.366 e. The Morgan fingerprint density at radius 1 is 1.08 bits per heavy atom. The van der Waals surface area contributed by atoms with Gasteiger partial charge >= 0.3 is 0 Å². The molecule has 0 spiro atoms. The van der Waals surface area contributed by atoms with Gasteiger partial charge in [0.25, 0.3) is 0 Å². The molecule has 1 N–H and O–H groups in total. The maximum atomic E-state index is 4.64. The Hall–Kier alpha value is -1.94. The van der Waals surface area contributed by atoms with E-state index < -0.39 is 0 Å². The molecule has 1 aromatic heterocycles. The third-order valence-electron chi connectivity index (χ3n) is 5.51. The maximum absolute atomic E-state index is 4.64. The number of aromatic nitrogens is 2. The Bertz CT molecular complexity index is 686. The van der Waals surface area contributed by atoms with Crippen molar-refractivity contribution in [2.75, 3.05) is 5.32 Å². The van der Waals surface area contributed by atoms with Gasteiger partial charge in [-0.1, -0.05) is 30.3 Å². The van der Waals surface area contributed by atoms with E-state index in [-0.39, 0.29) is 0 Å². The largest absolute Gasteiger partial charge is 0.366 e. The monoisotopic (exact) mass is 322 g/mol. The second-order valence-corrected chi connectivity index (χ2v) is 7.30. The van der Waals surface area contributed by atoms with Gasteiger partial charge in [-0.3, -0.25) is 9.88 Å². The molecule has 3 heterocycles. The molecule has 4 rings (SSSR count). The van der Waals surface area contributed by atoms with Crippen molar-refractivity contribution < 1.29 is 0 Å². The lowest BCUT2D eigenvalue weighted by Gasteiger charge is -2.39. The summed E-state index contributed by atoms with van der Waals surface area (Å²) in [5, 5.41) is 3.67. The van der Waals surface area contributed by atoms with E-state index in [1.165, 1.54) is 31.2 Å². The van der Waals surface area contributed by atoms with Crippen molar-refractivity contribution in [2.24, 2.45) is 0 Å². The lowest BCUT2D eigenvalue weighted by molar-refractivity contribution is 0.124. The Morgan fingerprint density at radius 2 is 1.79 bits per heavy atom. The molecule has 24 heavy (non-hydrogen) atoms. The van der Waals surface area contributed by atoms with Crippen molar-refractivity contribution in [3.05, 3.63) is 53.5 Å². The summed E-state index contributed by atoms with van der Waals surface area (Å²) >= 11 is 0. The molecule has 2 unspecified atom stereocenters. The van der Waals surface area contributed by atoms with Crippen LogP contribution in [0.1, 0.15) is 42.6 Å². The van der Waals surface area contributed by atoms with Gasteiger partial charge in [0.1, 0.15) is 5.82 Å². The molecule has 1 aromatic carbocycles. The van der Waals surface area contributed by atoms with Gasteiger partial charge in [-0.15, -0.1) is 0 Å². The Labute approximate surface area is 144 Å². The number of nitrogens with zero attached hydrogens (tertiary/aromatic N) is 3. The van der Waals surface area contributed by atoms with E-state index in [0.29, 0.717) is 18.1 Å². The van der Waals surface area contributed by atoms with Crippen LogP contribution < -0.4 is 5.32 Å². The number of fused-ring (bicyclic) bond motifs is 2. The van der Waals surface area contributed by atoms with E-state index in [0.717, 1.165) is 23.8 Å². The van der Waals surface area contributed by atoms with E-state index >= 15 is 0 Å². The molecule has 2 aliphatic heterocycles. The van der Waals surface area contributed by atoms with Crippen LogP contribution in [0.15, 0.2) is 36.5 Å². The predicted molar refractivity (Wildman–Crippen MR) is 96.9 cm³/mol. The van der Waals surface area contributed by atoms with Crippen LogP contribution in [0.3, 0.4) is 0 Å². The molecule has 2 saturated heterocycles. The zero-order valence-electron chi connectivity index (χ0n) is 14.6. The fraction of sp³-hybridized carbons (Fsp3) is 0.500. The number of benzene rings is 1. The third kappa shape index (κ3) is 3.16. The summed E-state index contributed by atoms with van der Waals surface area (Å²) in [7, 11) is 0. The highest BCUT2D eigenvalue weighted by molar-refractivity contribution is 5.41. The highest BCUT2D eigenvalue weighted by Gasteiger charge is 2.40. The quantitative estimate of drug-likeness (QED) is 0.932. The second kappa shape index (κ2) is 6.52. The molecule has 2 atom stereocenters.